The van der Waals surface area contributed by atoms with E-state index in [1.807, 2.05) is 0 Å². The van der Waals surface area contributed by atoms with Gasteiger partial charge in [-0.1, -0.05) is 0 Å². The van der Waals surface area contributed by atoms with E-state index >= 15 is 0 Å². The Hall–Kier alpha value is -2.84. The van der Waals surface area contributed by atoms with Gasteiger partial charge in [0.05, 0.1) is 11.1 Å². The molecular formula is C14F11N. The molecule has 0 saturated heterocycles. The van der Waals surface area contributed by atoms with Crippen molar-refractivity contribution < 1.29 is 48.3 Å². The molecule has 12 heteroatoms. The molecule has 0 amide bonds. The number of alkyl halides is 3. The predicted molar refractivity (Wildman–Crippen MR) is 61.3 cm³/mol. The second kappa shape index (κ2) is 6.15. The lowest BCUT2D eigenvalue weighted by Gasteiger charge is -2.15. The Bertz CT molecular complexity index is 911. The van der Waals surface area contributed by atoms with Crippen LogP contribution >= 0.6 is 0 Å². The fraction of sp³-hybridized carbons (Fsp3) is 0.0714. The molecule has 2 rings (SSSR count). The van der Waals surface area contributed by atoms with Crippen LogP contribution in [0.1, 0.15) is 11.1 Å². The maximum absolute atomic E-state index is 13.8. The number of rotatable bonds is 1. The number of hydrogen-bond donors (Lipinski definition) is 0. The molecule has 0 aliphatic carbocycles. The lowest BCUT2D eigenvalue weighted by molar-refractivity contribution is -0.143. The molecule has 0 atom stereocenters. The standard InChI is InChI=1S/C14F11N/c15-6-2(1-26)7(16)9(18)3(8(6)17)4-10(19)12(21)5(14(23,24)25)13(22)11(4)20. The molecule has 138 valence electrons. The molecule has 0 unspecified atom stereocenters. The van der Waals surface area contributed by atoms with Crippen LogP contribution in [0.5, 0.6) is 0 Å². The van der Waals surface area contributed by atoms with Crippen molar-refractivity contribution in [3.05, 3.63) is 57.7 Å². The minimum Gasteiger partial charge on any atom is -0.203 e. The Balaban J connectivity index is 3.04. The van der Waals surface area contributed by atoms with E-state index in [1.165, 1.54) is 0 Å². The van der Waals surface area contributed by atoms with Crippen molar-refractivity contribution in [2.24, 2.45) is 0 Å². The molecule has 0 fully saturated rings. The van der Waals surface area contributed by atoms with Gasteiger partial charge in [0, 0.05) is 0 Å². The largest absolute Gasteiger partial charge is 0.422 e. The van der Waals surface area contributed by atoms with Crippen LogP contribution in [-0.2, 0) is 6.18 Å². The third-order valence-corrected chi connectivity index (χ3v) is 3.17. The summed E-state index contributed by atoms with van der Waals surface area (Å²) in [4.78, 5) is 0. The summed E-state index contributed by atoms with van der Waals surface area (Å²) >= 11 is 0. The van der Waals surface area contributed by atoms with E-state index in [-0.39, 0.29) is 0 Å². The van der Waals surface area contributed by atoms with Gasteiger partial charge in [-0.05, 0) is 0 Å². The molecule has 0 aromatic heterocycles. The summed E-state index contributed by atoms with van der Waals surface area (Å²) in [6.07, 6.45) is -5.94. The normalized spacial score (nSPS) is 11.6. The van der Waals surface area contributed by atoms with Gasteiger partial charge in [0.1, 0.15) is 17.2 Å². The average molecular weight is 391 g/mol. The van der Waals surface area contributed by atoms with Crippen LogP contribution in [0.4, 0.5) is 48.3 Å². The summed E-state index contributed by atoms with van der Waals surface area (Å²) < 4.78 is 147. The lowest BCUT2D eigenvalue weighted by atomic mass is 9.97. The van der Waals surface area contributed by atoms with Crippen LogP contribution < -0.4 is 0 Å². The maximum atomic E-state index is 13.8. The first-order chi connectivity index (χ1) is 11.9. The van der Waals surface area contributed by atoms with Gasteiger partial charge in [-0.25, -0.2) is 35.1 Å². The molecule has 0 N–H and O–H groups in total. The van der Waals surface area contributed by atoms with Crippen molar-refractivity contribution in [1.29, 1.82) is 5.26 Å². The van der Waals surface area contributed by atoms with E-state index in [0.29, 0.717) is 6.07 Å². The first-order valence-corrected chi connectivity index (χ1v) is 6.05. The molecule has 2 aromatic carbocycles. The quantitative estimate of drug-likeness (QED) is 0.475. The Kier molecular flexibility index (Phi) is 4.61. The molecule has 0 aliphatic heterocycles. The molecule has 26 heavy (non-hydrogen) atoms. The van der Waals surface area contributed by atoms with Crippen molar-refractivity contribution in [2.75, 3.05) is 0 Å². The number of nitriles is 1. The van der Waals surface area contributed by atoms with Gasteiger partial charge in [0.2, 0.25) is 0 Å². The second-order valence-electron chi connectivity index (χ2n) is 4.62. The first kappa shape index (κ1) is 19.5. The summed E-state index contributed by atoms with van der Waals surface area (Å²) in [5.74, 6) is -22.3. The van der Waals surface area contributed by atoms with Crippen LogP contribution in [0, 0.1) is 57.9 Å². The summed E-state index contributed by atoms with van der Waals surface area (Å²) in [5, 5.41) is 8.38. The second-order valence-corrected chi connectivity index (χ2v) is 4.62. The Morgan fingerprint density at radius 3 is 1.12 bits per heavy atom. The van der Waals surface area contributed by atoms with Gasteiger partial charge in [-0.2, -0.15) is 18.4 Å². The third kappa shape index (κ3) is 2.63. The van der Waals surface area contributed by atoms with Crippen LogP contribution in [0.3, 0.4) is 0 Å². The average Bonchev–Trinajstić information content (AvgIpc) is 2.54. The molecule has 0 spiro atoms. The van der Waals surface area contributed by atoms with E-state index in [2.05, 4.69) is 0 Å². The van der Waals surface area contributed by atoms with E-state index in [0.717, 1.165) is 0 Å². The monoisotopic (exact) mass is 391 g/mol. The van der Waals surface area contributed by atoms with Crippen molar-refractivity contribution in [2.45, 2.75) is 6.18 Å². The summed E-state index contributed by atoms with van der Waals surface area (Å²) in [5.41, 5.74) is -9.73. The van der Waals surface area contributed by atoms with Crippen molar-refractivity contribution >= 4 is 0 Å². The van der Waals surface area contributed by atoms with Crippen molar-refractivity contribution in [3.63, 3.8) is 0 Å². The Morgan fingerprint density at radius 1 is 0.538 bits per heavy atom. The Labute approximate surface area is 135 Å². The van der Waals surface area contributed by atoms with Crippen LogP contribution in [0.2, 0.25) is 0 Å². The smallest absolute Gasteiger partial charge is 0.203 e. The molecular weight excluding hydrogens is 391 g/mol. The predicted octanol–water partition coefficient (Wildman–Crippen LogP) is 5.36. The highest BCUT2D eigenvalue weighted by molar-refractivity contribution is 5.69. The van der Waals surface area contributed by atoms with E-state index < -0.39 is 75.0 Å². The zero-order valence-corrected chi connectivity index (χ0v) is 11.6. The Morgan fingerprint density at radius 2 is 0.846 bits per heavy atom. The highest BCUT2D eigenvalue weighted by atomic mass is 19.4. The molecule has 2 aromatic rings. The minimum atomic E-state index is -5.94. The fourth-order valence-corrected chi connectivity index (χ4v) is 2.05. The molecule has 0 bridgehead atoms. The summed E-state index contributed by atoms with van der Waals surface area (Å²) in [7, 11) is 0. The first-order valence-electron chi connectivity index (χ1n) is 6.05. The maximum Gasteiger partial charge on any atom is 0.422 e. The zero-order valence-electron chi connectivity index (χ0n) is 11.6. The van der Waals surface area contributed by atoms with Crippen molar-refractivity contribution in [1.82, 2.24) is 0 Å². The zero-order chi connectivity index (χ0) is 20.1. The highest BCUT2D eigenvalue weighted by Gasteiger charge is 2.43. The SMILES string of the molecule is N#Cc1c(F)c(F)c(-c2c(F)c(F)c(C(F)(F)F)c(F)c2F)c(F)c1F. The van der Waals surface area contributed by atoms with Gasteiger partial charge >= 0.3 is 6.18 Å². The fourth-order valence-electron chi connectivity index (χ4n) is 2.05. The minimum absolute atomic E-state index is 0.690. The summed E-state index contributed by atoms with van der Waals surface area (Å²) in [6.45, 7) is 0. The lowest BCUT2D eigenvalue weighted by Crippen LogP contribution is -2.17. The highest BCUT2D eigenvalue weighted by Crippen LogP contribution is 2.42. The molecule has 0 aliphatic rings. The number of hydrogen-bond acceptors (Lipinski definition) is 1. The molecule has 0 radical (unpaired) electrons. The van der Waals surface area contributed by atoms with Gasteiger partial charge in [-0.3, -0.25) is 0 Å². The third-order valence-electron chi connectivity index (χ3n) is 3.17. The van der Waals surface area contributed by atoms with E-state index in [9.17, 15) is 48.3 Å². The van der Waals surface area contributed by atoms with Gasteiger partial charge in [0.25, 0.3) is 0 Å². The topological polar surface area (TPSA) is 23.8 Å². The number of benzene rings is 2. The summed E-state index contributed by atoms with van der Waals surface area (Å²) in [6, 6.07) is 0.690. The van der Waals surface area contributed by atoms with Gasteiger partial charge in [0.15, 0.2) is 46.5 Å². The molecule has 1 nitrogen and oxygen atoms in total. The molecule has 0 heterocycles. The van der Waals surface area contributed by atoms with Crippen molar-refractivity contribution in [3.8, 4) is 17.2 Å². The van der Waals surface area contributed by atoms with Crippen LogP contribution in [-0.4, -0.2) is 0 Å². The van der Waals surface area contributed by atoms with E-state index in [4.69, 9.17) is 5.26 Å². The van der Waals surface area contributed by atoms with Gasteiger partial charge in [-0.15, -0.1) is 0 Å². The van der Waals surface area contributed by atoms with E-state index in [1.54, 1.807) is 0 Å². The number of halogens is 11. The molecule has 0 saturated carbocycles. The number of nitrogens with zero attached hydrogens (tertiary/aromatic N) is 1. The van der Waals surface area contributed by atoms with Crippen LogP contribution in [0.15, 0.2) is 0 Å². The van der Waals surface area contributed by atoms with Crippen LogP contribution in [0.25, 0.3) is 11.1 Å². The van der Waals surface area contributed by atoms with Gasteiger partial charge < -0.3 is 0 Å².